The fraction of sp³-hybridized carbons (Fsp3) is 0.154. The number of hydrogen-bond donors (Lipinski definition) is 0. The van der Waals surface area contributed by atoms with Gasteiger partial charge in [-0.2, -0.15) is 0 Å². The molecule has 0 aliphatic rings. The van der Waals surface area contributed by atoms with Gasteiger partial charge in [0.25, 0.3) is 0 Å². The van der Waals surface area contributed by atoms with Crippen molar-refractivity contribution in [2.75, 3.05) is 0 Å². The second-order valence-electron chi connectivity index (χ2n) is 3.63. The van der Waals surface area contributed by atoms with E-state index in [0.717, 1.165) is 11.3 Å². The third kappa shape index (κ3) is 2.51. The number of nitrogens with zero attached hydrogens (tertiary/aromatic N) is 2. The van der Waals surface area contributed by atoms with Crippen molar-refractivity contribution < 1.29 is 4.79 Å². The van der Waals surface area contributed by atoms with Crippen molar-refractivity contribution in [2.45, 2.75) is 13.3 Å². The number of benzene rings is 1. The van der Waals surface area contributed by atoms with Gasteiger partial charge in [-0.3, -0.25) is 9.78 Å². The van der Waals surface area contributed by atoms with E-state index >= 15 is 0 Å². The molecule has 0 fully saturated rings. The van der Waals surface area contributed by atoms with Crippen LogP contribution in [0.1, 0.15) is 21.7 Å². The number of aromatic nitrogens is 2. The first-order valence-corrected chi connectivity index (χ1v) is 5.11. The second kappa shape index (κ2) is 4.66. The number of hydrogen-bond acceptors (Lipinski definition) is 3. The predicted molar refractivity (Wildman–Crippen MR) is 61.2 cm³/mol. The molecule has 3 nitrogen and oxygen atoms in total. The minimum Gasteiger partial charge on any atom is -0.292 e. The van der Waals surface area contributed by atoms with Gasteiger partial charge in [0.2, 0.25) is 0 Å². The van der Waals surface area contributed by atoms with Crippen molar-refractivity contribution in [3.05, 3.63) is 59.7 Å². The lowest BCUT2D eigenvalue weighted by molar-refractivity contribution is 0.0988. The maximum absolute atomic E-state index is 11.8. The van der Waals surface area contributed by atoms with E-state index in [2.05, 4.69) is 9.97 Å². The van der Waals surface area contributed by atoms with Crippen LogP contribution in [0.3, 0.4) is 0 Å². The highest BCUT2D eigenvalue weighted by atomic mass is 16.1. The van der Waals surface area contributed by atoms with Gasteiger partial charge in [-0.1, -0.05) is 30.3 Å². The van der Waals surface area contributed by atoms with Gasteiger partial charge in [-0.05, 0) is 12.5 Å². The molecule has 0 aliphatic carbocycles. The highest BCUT2D eigenvalue weighted by Gasteiger charge is 2.08. The zero-order chi connectivity index (χ0) is 11.4. The Balaban J connectivity index is 2.12. The van der Waals surface area contributed by atoms with Crippen LogP contribution in [0.2, 0.25) is 0 Å². The first-order valence-electron chi connectivity index (χ1n) is 5.11. The van der Waals surface area contributed by atoms with E-state index in [9.17, 15) is 4.79 Å². The Bertz CT molecular complexity index is 477. The quantitative estimate of drug-likeness (QED) is 0.732. The average Bonchev–Trinajstić information content (AvgIpc) is 2.31. The summed E-state index contributed by atoms with van der Waals surface area (Å²) in [4.78, 5) is 19.9. The van der Waals surface area contributed by atoms with E-state index in [1.807, 2.05) is 37.3 Å². The lowest BCUT2D eigenvalue weighted by Gasteiger charge is -2.00. The summed E-state index contributed by atoms with van der Waals surface area (Å²) in [5.74, 6) is -0.00120. The average molecular weight is 212 g/mol. The van der Waals surface area contributed by atoms with E-state index in [4.69, 9.17) is 0 Å². The number of ketones is 1. The molecule has 0 saturated heterocycles. The van der Waals surface area contributed by atoms with Gasteiger partial charge in [0.1, 0.15) is 5.69 Å². The van der Waals surface area contributed by atoms with Crippen LogP contribution in [0.15, 0.2) is 42.7 Å². The third-order valence-corrected chi connectivity index (χ3v) is 2.27. The molecular weight excluding hydrogens is 200 g/mol. The van der Waals surface area contributed by atoms with Gasteiger partial charge >= 0.3 is 0 Å². The van der Waals surface area contributed by atoms with E-state index in [0.29, 0.717) is 12.1 Å². The van der Waals surface area contributed by atoms with Crippen LogP contribution in [-0.4, -0.2) is 15.8 Å². The third-order valence-electron chi connectivity index (χ3n) is 2.27. The summed E-state index contributed by atoms with van der Waals surface area (Å²) >= 11 is 0. The van der Waals surface area contributed by atoms with Gasteiger partial charge in [0.05, 0.1) is 11.9 Å². The Morgan fingerprint density at radius 2 is 1.88 bits per heavy atom. The molecule has 0 N–H and O–H groups in total. The first-order chi connectivity index (χ1) is 7.75. The van der Waals surface area contributed by atoms with Crippen LogP contribution in [0.4, 0.5) is 0 Å². The molecule has 0 saturated carbocycles. The van der Waals surface area contributed by atoms with Crippen LogP contribution < -0.4 is 0 Å². The fourth-order valence-corrected chi connectivity index (χ4v) is 1.41. The summed E-state index contributed by atoms with van der Waals surface area (Å²) in [6.07, 6.45) is 3.51. The second-order valence-corrected chi connectivity index (χ2v) is 3.63. The Labute approximate surface area is 94.2 Å². The molecule has 0 bridgehead atoms. The summed E-state index contributed by atoms with van der Waals surface area (Å²) in [6.45, 7) is 1.85. The smallest absolute Gasteiger partial charge is 0.187 e. The van der Waals surface area contributed by atoms with E-state index in [-0.39, 0.29) is 5.78 Å². The Morgan fingerprint density at radius 1 is 1.12 bits per heavy atom. The topological polar surface area (TPSA) is 42.9 Å². The first kappa shape index (κ1) is 10.5. The SMILES string of the molecule is Cc1cnc(C(=O)Cc2ccccc2)cn1. The molecule has 2 aromatic rings. The van der Waals surface area contributed by atoms with Crippen molar-refractivity contribution in [1.29, 1.82) is 0 Å². The van der Waals surface area contributed by atoms with Crippen LogP contribution in [-0.2, 0) is 6.42 Å². The molecule has 1 aromatic carbocycles. The summed E-state index contributed by atoms with van der Waals surface area (Å²) in [5.41, 5.74) is 2.24. The standard InChI is InChI=1S/C13H12N2O/c1-10-8-15-12(9-14-10)13(16)7-11-5-3-2-4-6-11/h2-6,8-9H,7H2,1H3. The summed E-state index contributed by atoms with van der Waals surface area (Å²) in [6, 6.07) is 9.63. The molecule has 80 valence electrons. The maximum Gasteiger partial charge on any atom is 0.187 e. The van der Waals surface area contributed by atoms with Crippen LogP contribution in [0, 0.1) is 6.92 Å². The van der Waals surface area contributed by atoms with Crippen molar-refractivity contribution >= 4 is 5.78 Å². The molecule has 0 unspecified atom stereocenters. The van der Waals surface area contributed by atoms with E-state index in [1.54, 1.807) is 6.20 Å². The number of aryl methyl sites for hydroxylation is 1. The number of Topliss-reactive ketones (excluding diaryl/α,β-unsaturated/α-hetero) is 1. The van der Waals surface area contributed by atoms with Gasteiger partial charge in [0, 0.05) is 12.6 Å². The summed E-state index contributed by atoms with van der Waals surface area (Å²) in [7, 11) is 0. The molecule has 2 rings (SSSR count). The molecular formula is C13H12N2O. The summed E-state index contributed by atoms with van der Waals surface area (Å²) in [5, 5.41) is 0. The monoisotopic (exact) mass is 212 g/mol. The Hall–Kier alpha value is -2.03. The minimum absolute atomic E-state index is 0.00120. The van der Waals surface area contributed by atoms with Gasteiger partial charge in [-0.25, -0.2) is 4.98 Å². The van der Waals surface area contributed by atoms with Crippen molar-refractivity contribution in [2.24, 2.45) is 0 Å². The molecule has 1 aromatic heterocycles. The minimum atomic E-state index is -0.00120. The van der Waals surface area contributed by atoms with Crippen LogP contribution in [0.25, 0.3) is 0 Å². The molecule has 0 aliphatic heterocycles. The molecule has 3 heteroatoms. The molecule has 1 heterocycles. The lowest BCUT2D eigenvalue weighted by Crippen LogP contribution is -2.06. The maximum atomic E-state index is 11.8. The zero-order valence-electron chi connectivity index (χ0n) is 9.05. The normalized spacial score (nSPS) is 10.1. The molecule has 0 atom stereocenters. The number of carbonyl (C=O) groups excluding carboxylic acids is 1. The highest BCUT2D eigenvalue weighted by molar-refractivity contribution is 5.95. The van der Waals surface area contributed by atoms with Crippen molar-refractivity contribution in [3.63, 3.8) is 0 Å². The van der Waals surface area contributed by atoms with Gasteiger partial charge < -0.3 is 0 Å². The molecule has 16 heavy (non-hydrogen) atoms. The van der Waals surface area contributed by atoms with Gasteiger partial charge in [-0.15, -0.1) is 0 Å². The Morgan fingerprint density at radius 3 is 2.50 bits per heavy atom. The largest absolute Gasteiger partial charge is 0.292 e. The Kier molecular flexibility index (Phi) is 3.05. The summed E-state index contributed by atoms with van der Waals surface area (Å²) < 4.78 is 0. The number of carbonyl (C=O) groups is 1. The fourth-order valence-electron chi connectivity index (χ4n) is 1.41. The highest BCUT2D eigenvalue weighted by Crippen LogP contribution is 2.04. The molecule has 0 amide bonds. The lowest BCUT2D eigenvalue weighted by atomic mass is 10.1. The van der Waals surface area contributed by atoms with Crippen molar-refractivity contribution in [3.8, 4) is 0 Å². The number of rotatable bonds is 3. The van der Waals surface area contributed by atoms with E-state index in [1.165, 1.54) is 6.20 Å². The molecule has 0 radical (unpaired) electrons. The van der Waals surface area contributed by atoms with Gasteiger partial charge in [0.15, 0.2) is 5.78 Å². The molecule has 0 spiro atoms. The van der Waals surface area contributed by atoms with Crippen LogP contribution >= 0.6 is 0 Å². The van der Waals surface area contributed by atoms with E-state index < -0.39 is 0 Å². The zero-order valence-corrected chi connectivity index (χ0v) is 9.05. The predicted octanol–water partition coefficient (Wildman–Crippen LogP) is 2.21. The van der Waals surface area contributed by atoms with Crippen molar-refractivity contribution in [1.82, 2.24) is 9.97 Å². The van der Waals surface area contributed by atoms with Crippen LogP contribution in [0.5, 0.6) is 0 Å².